The molecule has 0 aromatic carbocycles. The highest BCUT2D eigenvalue weighted by Crippen LogP contribution is 1.87. The molecule has 0 aliphatic carbocycles. The van der Waals surface area contributed by atoms with Gasteiger partial charge in [-0.05, 0) is 6.42 Å². The molecule has 0 spiro atoms. The summed E-state index contributed by atoms with van der Waals surface area (Å²) in [5.41, 5.74) is 4.95. The average Bonchev–Trinajstić information content (AvgIpc) is 1.87. The maximum atomic E-state index is 10.6. The maximum Gasteiger partial charge on any atom is 0.206 e. The zero-order chi connectivity index (χ0) is 7.28. The first-order valence-electron chi connectivity index (χ1n) is 2.73. The van der Waals surface area contributed by atoms with Gasteiger partial charge in [0.1, 0.15) is 0 Å². The summed E-state index contributed by atoms with van der Waals surface area (Å²) in [4.78, 5) is 10.6. The highest BCUT2D eigenvalue weighted by atomic mass is 16.4. The third kappa shape index (κ3) is 2.69. The number of Topliss-reactive ketones (excluding diaryl/α,β-unsaturated/α-hetero) is 1. The smallest absolute Gasteiger partial charge is 0.206 e. The first kappa shape index (κ1) is 7.94. The molecule has 0 radical (unpaired) electrons. The van der Waals surface area contributed by atoms with Gasteiger partial charge in [-0.1, -0.05) is 12.1 Å². The Kier molecular flexibility index (Phi) is 3.43. The van der Waals surface area contributed by atoms with Crippen molar-refractivity contribution in [2.24, 2.45) is 10.9 Å². The monoisotopic (exact) mass is 130 g/mol. The predicted octanol–water partition coefficient (Wildman–Crippen LogP) is 0.102. The molecule has 0 fully saturated rings. The van der Waals surface area contributed by atoms with Crippen molar-refractivity contribution in [3.8, 4) is 0 Å². The van der Waals surface area contributed by atoms with Gasteiger partial charge in [-0.15, -0.1) is 0 Å². The second kappa shape index (κ2) is 3.88. The van der Waals surface area contributed by atoms with E-state index in [1.807, 2.05) is 6.92 Å². The van der Waals surface area contributed by atoms with Gasteiger partial charge in [0.05, 0.1) is 0 Å². The Morgan fingerprint density at radius 3 is 2.67 bits per heavy atom. The fourth-order valence-corrected chi connectivity index (χ4v) is 0.411. The molecular formula is C5H10N2O2. The van der Waals surface area contributed by atoms with E-state index in [-0.39, 0.29) is 11.6 Å². The largest absolute Gasteiger partial charge is 0.409 e. The summed E-state index contributed by atoms with van der Waals surface area (Å²) < 4.78 is 0. The van der Waals surface area contributed by atoms with Crippen molar-refractivity contribution in [3.05, 3.63) is 0 Å². The van der Waals surface area contributed by atoms with Crippen LogP contribution in [0.2, 0.25) is 0 Å². The average molecular weight is 130 g/mol. The second-order valence-corrected chi connectivity index (χ2v) is 1.66. The normalized spacial score (nSPS) is 11.4. The highest BCUT2D eigenvalue weighted by Gasteiger charge is 2.03. The van der Waals surface area contributed by atoms with Crippen LogP contribution in [-0.2, 0) is 4.79 Å². The van der Waals surface area contributed by atoms with Gasteiger partial charge in [0.15, 0.2) is 0 Å². The van der Waals surface area contributed by atoms with E-state index in [0.717, 1.165) is 6.42 Å². The van der Waals surface area contributed by atoms with Crippen molar-refractivity contribution in [2.45, 2.75) is 19.8 Å². The Morgan fingerprint density at radius 1 is 1.78 bits per heavy atom. The third-order valence-electron chi connectivity index (χ3n) is 0.870. The predicted molar refractivity (Wildman–Crippen MR) is 33.3 cm³/mol. The molecule has 9 heavy (non-hydrogen) atoms. The van der Waals surface area contributed by atoms with Crippen LogP contribution in [0, 0.1) is 0 Å². The lowest BCUT2D eigenvalue weighted by Crippen LogP contribution is -2.23. The van der Waals surface area contributed by atoms with Crippen LogP contribution < -0.4 is 5.73 Å². The Balaban J connectivity index is 3.74. The molecule has 3 N–H and O–H groups in total. The van der Waals surface area contributed by atoms with Crippen LogP contribution >= 0.6 is 0 Å². The molecule has 0 saturated heterocycles. The molecule has 4 nitrogen and oxygen atoms in total. The number of ketones is 1. The fourth-order valence-electron chi connectivity index (χ4n) is 0.411. The summed E-state index contributed by atoms with van der Waals surface area (Å²) in [5, 5.41) is 10.5. The number of amidine groups is 1. The lowest BCUT2D eigenvalue weighted by atomic mass is 10.2. The van der Waals surface area contributed by atoms with Gasteiger partial charge >= 0.3 is 0 Å². The second-order valence-electron chi connectivity index (χ2n) is 1.66. The van der Waals surface area contributed by atoms with Crippen molar-refractivity contribution in [2.75, 3.05) is 0 Å². The molecule has 0 amide bonds. The van der Waals surface area contributed by atoms with Gasteiger partial charge in [0, 0.05) is 6.42 Å². The number of hydrogen-bond donors (Lipinski definition) is 2. The van der Waals surface area contributed by atoms with E-state index in [1.165, 1.54) is 0 Å². The fraction of sp³-hybridized carbons (Fsp3) is 0.600. The quantitative estimate of drug-likeness (QED) is 0.246. The van der Waals surface area contributed by atoms with Crippen molar-refractivity contribution < 1.29 is 10.0 Å². The first-order chi connectivity index (χ1) is 4.22. The van der Waals surface area contributed by atoms with Gasteiger partial charge in [-0.3, -0.25) is 4.79 Å². The van der Waals surface area contributed by atoms with Crippen LogP contribution in [0.4, 0.5) is 0 Å². The minimum Gasteiger partial charge on any atom is -0.409 e. The number of carbonyl (C=O) groups excluding carboxylic acids is 1. The standard InChI is InChI=1S/C5H10N2O2/c1-2-3-4(8)5(6)7-9/h9H,2-3H2,1H3,(H2,6,7). The van der Waals surface area contributed by atoms with E-state index in [2.05, 4.69) is 5.16 Å². The van der Waals surface area contributed by atoms with Gasteiger partial charge in [-0.25, -0.2) is 0 Å². The van der Waals surface area contributed by atoms with Gasteiger partial charge in [0.2, 0.25) is 11.6 Å². The minimum absolute atomic E-state index is 0.306. The lowest BCUT2D eigenvalue weighted by Gasteiger charge is -1.91. The number of hydrogen-bond acceptors (Lipinski definition) is 3. The van der Waals surface area contributed by atoms with Crippen LogP contribution in [0.25, 0.3) is 0 Å². The van der Waals surface area contributed by atoms with Crippen LogP contribution in [-0.4, -0.2) is 16.8 Å². The summed E-state index contributed by atoms with van der Waals surface area (Å²) in [6.45, 7) is 1.85. The zero-order valence-corrected chi connectivity index (χ0v) is 5.29. The summed E-state index contributed by atoms with van der Waals surface area (Å²) in [6, 6.07) is 0. The number of nitrogens with two attached hydrogens (primary N) is 1. The molecule has 0 bridgehead atoms. The molecule has 0 aliphatic heterocycles. The SMILES string of the molecule is CCCC(=O)/C(N)=N/O. The molecule has 0 heterocycles. The van der Waals surface area contributed by atoms with E-state index < -0.39 is 0 Å². The molecule has 0 unspecified atom stereocenters. The van der Waals surface area contributed by atoms with Crippen LogP contribution in [0.15, 0.2) is 5.16 Å². The molecule has 0 aromatic rings. The van der Waals surface area contributed by atoms with Crippen molar-refractivity contribution >= 4 is 11.6 Å². The molecule has 0 rings (SSSR count). The lowest BCUT2D eigenvalue weighted by molar-refractivity contribution is -0.113. The minimum atomic E-state index is -0.308. The van der Waals surface area contributed by atoms with Crippen molar-refractivity contribution in [3.63, 3.8) is 0 Å². The Labute approximate surface area is 53.3 Å². The summed E-state index contributed by atoms with van der Waals surface area (Å²) >= 11 is 0. The Morgan fingerprint density at radius 2 is 2.33 bits per heavy atom. The van der Waals surface area contributed by atoms with E-state index in [1.54, 1.807) is 0 Å². The summed E-state index contributed by atoms with van der Waals surface area (Å²) in [6.07, 6.45) is 1.06. The van der Waals surface area contributed by atoms with E-state index in [0.29, 0.717) is 6.42 Å². The van der Waals surface area contributed by atoms with Crippen LogP contribution in [0.5, 0.6) is 0 Å². The first-order valence-corrected chi connectivity index (χ1v) is 2.73. The van der Waals surface area contributed by atoms with Crippen LogP contribution in [0.3, 0.4) is 0 Å². The molecular weight excluding hydrogens is 120 g/mol. The number of rotatable bonds is 3. The van der Waals surface area contributed by atoms with Crippen molar-refractivity contribution in [1.29, 1.82) is 0 Å². The molecule has 0 saturated carbocycles. The third-order valence-corrected chi connectivity index (χ3v) is 0.870. The summed E-state index contributed by atoms with van der Waals surface area (Å²) in [5.74, 6) is -0.614. The van der Waals surface area contributed by atoms with E-state index >= 15 is 0 Å². The van der Waals surface area contributed by atoms with E-state index in [9.17, 15) is 4.79 Å². The molecule has 4 heteroatoms. The van der Waals surface area contributed by atoms with Gasteiger partial charge < -0.3 is 10.9 Å². The van der Waals surface area contributed by atoms with Gasteiger partial charge in [0.25, 0.3) is 0 Å². The van der Waals surface area contributed by atoms with E-state index in [4.69, 9.17) is 10.9 Å². The summed E-state index contributed by atoms with van der Waals surface area (Å²) in [7, 11) is 0. The number of carbonyl (C=O) groups is 1. The topological polar surface area (TPSA) is 75.7 Å². The molecule has 0 atom stereocenters. The number of oxime groups is 1. The highest BCUT2D eigenvalue weighted by molar-refractivity contribution is 6.37. The van der Waals surface area contributed by atoms with Gasteiger partial charge in [-0.2, -0.15) is 0 Å². The maximum absolute atomic E-state index is 10.6. The molecule has 0 aromatic heterocycles. The van der Waals surface area contributed by atoms with Crippen molar-refractivity contribution in [1.82, 2.24) is 0 Å². The number of nitrogens with zero attached hydrogens (tertiary/aromatic N) is 1. The molecule has 52 valence electrons. The van der Waals surface area contributed by atoms with Crippen LogP contribution in [0.1, 0.15) is 19.8 Å². The molecule has 0 aliphatic rings. The Bertz CT molecular complexity index is 131. The Hall–Kier alpha value is -1.06. The zero-order valence-electron chi connectivity index (χ0n) is 5.29.